The van der Waals surface area contributed by atoms with Gasteiger partial charge in [-0.05, 0) is 30.3 Å². The highest BCUT2D eigenvalue weighted by Gasteiger charge is 2.06. The zero-order chi connectivity index (χ0) is 12.3. The molecular weight excluding hydrogens is 217 g/mol. The molecule has 0 aliphatic rings. The molecule has 1 heterocycles. The number of nitrogens with zero attached hydrogens (tertiary/aromatic N) is 1. The van der Waals surface area contributed by atoms with E-state index in [2.05, 4.69) is 4.98 Å². The molecule has 2 aromatic rings. The number of H-pyrrole nitrogens is 1. The van der Waals surface area contributed by atoms with Gasteiger partial charge in [0.15, 0.2) is 0 Å². The predicted octanol–water partition coefficient (Wildman–Crippen LogP) is 2.41. The normalized spacial score (nSPS) is 10.5. The molecule has 0 spiro atoms. The van der Waals surface area contributed by atoms with Gasteiger partial charge >= 0.3 is 0 Å². The van der Waals surface area contributed by atoms with Crippen molar-refractivity contribution in [2.75, 3.05) is 24.2 Å². The van der Waals surface area contributed by atoms with E-state index in [4.69, 9.17) is 5.73 Å². The van der Waals surface area contributed by atoms with Crippen LogP contribution in [-0.4, -0.2) is 18.6 Å². The number of likely N-dealkylation sites (N-methyl/N-ethyl adjacent to an activating group) is 1. The van der Waals surface area contributed by atoms with Gasteiger partial charge in [0, 0.05) is 31.9 Å². The van der Waals surface area contributed by atoms with E-state index in [9.17, 15) is 4.39 Å². The van der Waals surface area contributed by atoms with E-state index in [1.165, 1.54) is 12.1 Å². The second kappa shape index (κ2) is 4.91. The molecule has 0 unspecified atom stereocenters. The number of nitrogens with one attached hydrogen (secondary N) is 1. The molecule has 0 aliphatic carbocycles. The molecule has 2 rings (SSSR count). The Hall–Kier alpha value is -1.97. The third kappa shape index (κ3) is 2.78. The van der Waals surface area contributed by atoms with Crippen molar-refractivity contribution in [3.8, 4) is 0 Å². The summed E-state index contributed by atoms with van der Waals surface area (Å²) >= 11 is 0. The maximum Gasteiger partial charge on any atom is 0.125 e. The Bertz CT molecular complexity index is 479. The lowest BCUT2D eigenvalue weighted by Gasteiger charge is -2.20. The fraction of sp³-hybridized carbons (Fsp3) is 0.231. The number of nitrogen functional groups attached to an aromatic ring is 1. The Labute approximate surface area is 100 Å². The Morgan fingerprint density at radius 2 is 2.18 bits per heavy atom. The largest absolute Gasteiger partial charge is 0.397 e. The van der Waals surface area contributed by atoms with E-state index in [0.717, 1.165) is 24.3 Å². The van der Waals surface area contributed by atoms with E-state index in [0.29, 0.717) is 5.69 Å². The first-order valence-corrected chi connectivity index (χ1v) is 5.55. The van der Waals surface area contributed by atoms with Crippen molar-refractivity contribution in [3.63, 3.8) is 0 Å². The summed E-state index contributed by atoms with van der Waals surface area (Å²) < 4.78 is 13.1. The molecule has 0 saturated carbocycles. The lowest BCUT2D eigenvalue weighted by molar-refractivity contribution is 0.627. The zero-order valence-electron chi connectivity index (χ0n) is 9.78. The summed E-state index contributed by atoms with van der Waals surface area (Å²) in [6.45, 7) is 0.786. The van der Waals surface area contributed by atoms with Gasteiger partial charge in [-0.3, -0.25) is 0 Å². The monoisotopic (exact) mass is 233 g/mol. The van der Waals surface area contributed by atoms with Crippen molar-refractivity contribution in [1.29, 1.82) is 0 Å². The van der Waals surface area contributed by atoms with Gasteiger partial charge in [-0.25, -0.2) is 4.39 Å². The highest BCUT2D eigenvalue weighted by Crippen LogP contribution is 2.22. The minimum absolute atomic E-state index is 0.263. The molecule has 3 N–H and O–H groups in total. The third-order valence-corrected chi connectivity index (χ3v) is 2.78. The maximum absolute atomic E-state index is 13.1. The fourth-order valence-electron chi connectivity index (χ4n) is 1.78. The predicted molar refractivity (Wildman–Crippen MR) is 68.6 cm³/mol. The molecule has 4 heteroatoms. The van der Waals surface area contributed by atoms with Gasteiger partial charge in [-0.2, -0.15) is 0 Å². The van der Waals surface area contributed by atoms with Crippen molar-refractivity contribution in [1.82, 2.24) is 4.98 Å². The van der Waals surface area contributed by atoms with E-state index in [-0.39, 0.29) is 5.82 Å². The van der Waals surface area contributed by atoms with Gasteiger partial charge in [0.05, 0.1) is 11.4 Å². The smallest absolute Gasteiger partial charge is 0.125 e. The van der Waals surface area contributed by atoms with Crippen LogP contribution in [0.25, 0.3) is 0 Å². The second-order valence-corrected chi connectivity index (χ2v) is 4.07. The Kier molecular flexibility index (Phi) is 3.32. The van der Waals surface area contributed by atoms with Crippen LogP contribution in [0.4, 0.5) is 15.8 Å². The number of nitrogens with two attached hydrogens (primary N) is 1. The van der Waals surface area contributed by atoms with Crippen molar-refractivity contribution in [2.45, 2.75) is 6.42 Å². The van der Waals surface area contributed by atoms with Crippen molar-refractivity contribution >= 4 is 11.4 Å². The molecule has 1 aromatic carbocycles. The van der Waals surface area contributed by atoms with E-state index in [1.54, 1.807) is 6.07 Å². The maximum atomic E-state index is 13.1. The summed E-state index contributed by atoms with van der Waals surface area (Å²) in [4.78, 5) is 5.10. The average molecular weight is 233 g/mol. The van der Waals surface area contributed by atoms with Gasteiger partial charge < -0.3 is 15.6 Å². The van der Waals surface area contributed by atoms with Crippen LogP contribution in [0.15, 0.2) is 36.5 Å². The molecule has 0 saturated heterocycles. The summed E-state index contributed by atoms with van der Waals surface area (Å²) in [5, 5.41) is 0. The minimum Gasteiger partial charge on any atom is -0.397 e. The van der Waals surface area contributed by atoms with Crippen LogP contribution in [0.3, 0.4) is 0 Å². The summed E-state index contributed by atoms with van der Waals surface area (Å²) in [5.41, 5.74) is 8.31. The summed E-state index contributed by atoms with van der Waals surface area (Å²) in [6.07, 6.45) is 2.77. The van der Waals surface area contributed by atoms with Crippen LogP contribution in [0.2, 0.25) is 0 Å². The first-order valence-electron chi connectivity index (χ1n) is 5.55. The number of halogens is 1. The van der Waals surface area contributed by atoms with Gasteiger partial charge in [-0.1, -0.05) is 0 Å². The summed E-state index contributed by atoms with van der Waals surface area (Å²) in [5.74, 6) is -0.263. The number of hydrogen-bond donors (Lipinski definition) is 2. The molecule has 0 radical (unpaired) electrons. The van der Waals surface area contributed by atoms with E-state index in [1.807, 2.05) is 30.3 Å². The number of hydrogen-bond acceptors (Lipinski definition) is 2. The summed E-state index contributed by atoms with van der Waals surface area (Å²) in [6, 6.07) is 8.42. The lowest BCUT2D eigenvalue weighted by atomic mass is 10.2. The molecule has 90 valence electrons. The molecular formula is C13H16FN3. The lowest BCUT2D eigenvalue weighted by Crippen LogP contribution is -2.21. The van der Waals surface area contributed by atoms with Gasteiger partial charge in [0.1, 0.15) is 5.82 Å². The van der Waals surface area contributed by atoms with Crippen LogP contribution >= 0.6 is 0 Å². The molecule has 1 aromatic heterocycles. The minimum atomic E-state index is -0.263. The molecule has 0 atom stereocenters. The number of rotatable bonds is 4. The van der Waals surface area contributed by atoms with E-state index >= 15 is 0 Å². The number of aromatic nitrogens is 1. The number of aromatic amines is 1. The van der Waals surface area contributed by atoms with Crippen molar-refractivity contribution < 1.29 is 4.39 Å². The highest BCUT2D eigenvalue weighted by molar-refractivity contribution is 5.67. The quantitative estimate of drug-likeness (QED) is 0.796. The van der Waals surface area contributed by atoms with Gasteiger partial charge in [0.25, 0.3) is 0 Å². The molecule has 17 heavy (non-hydrogen) atoms. The van der Waals surface area contributed by atoms with Crippen molar-refractivity contribution in [3.05, 3.63) is 48.0 Å². The second-order valence-electron chi connectivity index (χ2n) is 4.07. The molecule has 0 aliphatic heterocycles. The molecule has 3 nitrogen and oxygen atoms in total. The Morgan fingerprint density at radius 3 is 2.88 bits per heavy atom. The van der Waals surface area contributed by atoms with Crippen LogP contribution in [0.1, 0.15) is 5.69 Å². The molecule has 0 amide bonds. The topological polar surface area (TPSA) is 45.0 Å². The average Bonchev–Trinajstić information content (AvgIpc) is 2.82. The summed E-state index contributed by atoms with van der Waals surface area (Å²) in [7, 11) is 1.91. The Balaban J connectivity index is 2.04. The number of benzene rings is 1. The van der Waals surface area contributed by atoms with Gasteiger partial charge in [0.2, 0.25) is 0 Å². The Morgan fingerprint density at radius 1 is 1.35 bits per heavy atom. The zero-order valence-corrected chi connectivity index (χ0v) is 9.78. The standard InChI is InChI=1S/C13H16FN3/c1-17(8-6-11-3-2-7-16-11)13-9-10(14)4-5-12(13)15/h2-5,7,9,16H,6,8,15H2,1H3. The van der Waals surface area contributed by atoms with Crippen LogP contribution < -0.4 is 10.6 Å². The SMILES string of the molecule is CN(CCc1ccc[nH]1)c1cc(F)ccc1N. The van der Waals surface area contributed by atoms with Crippen molar-refractivity contribution in [2.24, 2.45) is 0 Å². The first-order chi connectivity index (χ1) is 8.16. The van der Waals surface area contributed by atoms with Crippen LogP contribution in [-0.2, 0) is 6.42 Å². The third-order valence-electron chi connectivity index (χ3n) is 2.78. The van der Waals surface area contributed by atoms with E-state index < -0.39 is 0 Å². The van der Waals surface area contributed by atoms with Gasteiger partial charge in [-0.15, -0.1) is 0 Å². The highest BCUT2D eigenvalue weighted by atomic mass is 19.1. The first kappa shape index (κ1) is 11.5. The molecule has 0 bridgehead atoms. The molecule has 0 fully saturated rings. The van der Waals surface area contributed by atoms with Crippen LogP contribution in [0.5, 0.6) is 0 Å². The van der Waals surface area contributed by atoms with Crippen LogP contribution in [0, 0.1) is 5.82 Å². The fourth-order valence-corrected chi connectivity index (χ4v) is 1.78. The number of anilines is 2.